The fourth-order valence-corrected chi connectivity index (χ4v) is 6.27. The third kappa shape index (κ3) is 6.47. The molecule has 1 heterocycles. The smallest absolute Gasteiger partial charge is 0.120 e. The Balaban J connectivity index is 1.51. The van der Waals surface area contributed by atoms with Crippen LogP contribution < -0.4 is 16.0 Å². The molecular formula is C31H32Cl2FN3OS. The van der Waals surface area contributed by atoms with Gasteiger partial charge in [-0.3, -0.25) is 9.29 Å². The van der Waals surface area contributed by atoms with Crippen LogP contribution in [0.3, 0.4) is 0 Å². The van der Waals surface area contributed by atoms with E-state index in [0.29, 0.717) is 21.5 Å². The first-order valence-corrected chi connectivity index (χ1v) is 14.5. The fraction of sp³-hybridized carbons (Fsp3) is 0.323. The highest BCUT2D eigenvalue weighted by Gasteiger charge is 2.25. The van der Waals surface area contributed by atoms with Crippen LogP contribution in [0.1, 0.15) is 53.5 Å². The maximum atomic E-state index is 12.6. The lowest BCUT2D eigenvalue weighted by atomic mass is 9.87. The summed E-state index contributed by atoms with van der Waals surface area (Å²) in [6, 6.07) is 20.3. The van der Waals surface area contributed by atoms with Gasteiger partial charge in [0.1, 0.15) is 16.8 Å². The maximum Gasteiger partial charge on any atom is 0.120 e. The van der Waals surface area contributed by atoms with E-state index in [1.807, 2.05) is 30.3 Å². The number of nitrogens with two attached hydrogens (primary N) is 1. The number of benzene rings is 3. The van der Waals surface area contributed by atoms with Crippen molar-refractivity contribution in [1.29, 1.82) is 0 Å². The Morgan fingerprint density at radius 2 is 1.85 bits per heavy atom. The van der Waals surface area contributed by atoms with Crippen molar-refractivity contribution in [2.45, 2.75) is 38.2 Å². The highest BCUT2D eigenvalue weighted by molar-refractivity contribution is 7.80. The normalized spacial score (nSPS) is 17.6. The quantitative estimate of drug-likeness (QED) is 0.166. The number of allylic oxidation sites excluding steroid dienone is 1. The number of hydrogen-bond acceptors (Lipinski definition) is 4. The zero-order valence-electron chi connectivity index (χ0n) is 21.7. The molecule has 3 N–H and O–H groups in total. The Bertz CT molecular complexity index is 1380. The van der Waals surface area contributed by atoms with Crippen LogP contribution in [-0.4, -0.2) is 42.3 Å². The molecule has 39 heavy (non-hydrogen) atoms. The third-order valence-electron chi connectivity index (χ3n) is 7.48. The van der Waals surface area contributed by atoms with E-state index in [2.05, 4.69) is 34.6 Å². The number of likely N-dealkylation sites (tertiary alicyclic amines) is 1. The van der Waals surface area contributed by atoms with Gasteiger partial charge in [0.2, 0.25) is 0 Å². The summed E-state index contributed by atoms with van der Waals surface area (Å²) in [7, 11) is 0. The molecule has 0 saturated carbocycles. The van der Waals surface area contributed by atoms with Gasteiger partial charge in [-0.15, -0.1) is 0 Å². The minimum Gasteiger partial charge on any atom is -0.489 e. The highest BCUT2D eigenvalue weighted by Crippen LogP contribution is 2.42. The number of alkyl halides is 1. The first kappa shape index (κ1) is 28.1. The van der Waals surface area contributed by atoms with Crippen LogP contribution in [0.25, 0.3) is 11.1 Å². The van der Waals surface area contributed by atoms with E-state index in [0.717, 1.165) is 78.9 Å². The van der Waals surface area contributed by atoms with Gasteiger partial charge in [0.25, 0.3) is 0 Å². The number of nitrogens with one attached hydrogen (secondary N) is 1. The molecule has 2 aliphatic rings. The Morgan fingerprint density at radius 1 is 1.05 bits per heavy atom. The van der Waals surface area contributed by atoms with E-state index in [4.69, 9.17) is 46.0 Å². The average molecular weight is 585 g/mol. The molecule has 1 aliphatic carbocycles. The lowest BCUT2D eigenvalue weighted by Gasteiger charge is -2.19. The third-order valence-corrected chi connectivity index (χ3v) is 8.38. The zero-order chi connectivity index (χ0) is 27.4. The van der Waals surface area contributed by atoms with E-state index in [9.17, 15) is 4.39 Å². The van der Waals surface area contributed by atoms with Crippen molar-refractivity contribution in [3.05, 3.63) is 98.5 Å². The lowest BCUT2D eigenvalue weighted by molar-refractivity contribution is 0.198. The van der Waals surface area contributed by atoms with Gasteiger partial charge in [-0.05, 0) is 95.8 Å². The van der Waals surface area contributed by atoms with Gasteiger partial charge in [0, 0.05) is 35.2 Å². The Hall–Kier alpha value is -2.48. The van der Waals surface area contributed by atoms with Crippen molar-refractivity contribution in [3.8, 4) is 5.75 Å². The predicted octanol–water partition coefficient (Wildman–Crippen LogP) is 7.24. The minimum atomic E-state index is -0.274. The number of halogens is 3. The second-order valence-corrected chi connectivity index (χ2v) is 11.3. The summed E-state index contributed by atoms with van der Waals surface area (Å²) in [5.41, 5.74) is 10.3. The Labute approximate surface area is 244 Å². The number of ether oxygens (including phenoxy) is 1. The lowest BCUT2D eigenvalue weighted by Crippen LogP contribution is -2.29. The van der Waals surface area contributed by atoms with Crippen molar-refractivity contribution in [2.24, 2.45) is 5.84 Å². The summed E-state index contributed by atoms with van der Waals surface area (Å²) >= 11 is 18.4. The van der Waals surface area contributed by atoms with Crippen LogP contribution in [0.5, 0.6) is 5.75 Å². The van der Waals surface area contributed by atoms with Crippen molar-refractivity contribution < 1.29 is 9.13 Å². The van der Waals surface area contributed by atoms with E-state index >= 15 is 0 Å². The molecule has 1 saturated heterocycles. The number of rotatable bonds is 8. The summed E-state index contributed by atoms with van der Waals surface area (Å²) in [6.45, 7) is 2.29. The summed E-state index contributed by atoms with van der Waals surface area (Å²) in [5, 5.41) is 1.26. The van der Waals surface area contributed by atoms with Crippen LogP contribution >= 0.6 is 35.4 Å². The molecule has 1 aliphatic heterocycles. The molecule has 0 bridgehead atoms. The van der Waals surface area contributed by atoms with Gasteiger partial charge in [0.05, 0.1) is 6.67 Å². The number of hydrogen-bond donors (Lipinski definition) is 2. The molecule has 4 nitrogen and oxygen atoms in total. The van der Waals surface area contributed by atoms with Crippen LogP contribution in [0.2, 0.25) is 10.0 Å². The van der Waals surface area contributed by atoms with Crippen LogP contribution in [0, 0.1) is 0 Å². The Kier molecular flexibility index (Phi) is 9.21. The average Bonchev–Trinajstić information content (AvgIpc) is 3.30. The van der Waals surface area contributed by atoms with Crippen molar-refractivity contribution in [2.75, 3.05) is 26.3 Å². The predicted molar refractivity (Wildman–Crippen MR) is 163 cm³/mol. The standard InChI is InChI=1S/C31H32Cl2FN3OS/c32-23-8-12-27(29(33)18-23)28-4-1-3-21-17-22(31(39)36-35)7-11-26(21)30(28)20-5-9-24(10-6-20)38-25-13-16-37(19-25)15-2-14-34/h5-12,17-18,25H,1-4,13-16,19,35H2,(H,36,39)/t25-/m0/s1. The van der Waals surface area contributed by atoms with Crippen molar-refractivity contribution >= 4 is 51.6 Å². The molecule has 0 unspecified atom stereocenters. The molecule has 204 valence electrons. The number of hydrazine groups is 1. The topological polar surface area (TPSA) is 50.5 Å². The second-order valence-electron chi connectivity index (χ2n) is 10.1. The highest BCUT2D eigenvalue weighted by atomic mass is 35.5. The maximum absolute atomic E-state index is 12.6. The molecule has 1 atom stereocenters. The molecular weight excluding hydrogens is 552 g/mol. The van der Waals surface area contributed by atoms with Crippen LogP contribution in [0.4, 0.5) is 4.39 Å². The van der Waals surface area contributed by atoms with Gasteiger partial charge < -0.3 is 10.2 Å². The van der Waals surface area contributed by atoms with Gasteiger partial charge in [-0.1, -0.05) is 65.8 Å². The van der Waals surface area contributed by atoms with Gasteiger partial charge >= 0.3 is 0 Å². The molecule has 0 spiro atoms. The summed E-state index contributed by atoms with van der Waals surface area (Å²) in [5.74, 6) is 6.44. The number of fused-ring (bicyclic) bond motifs is 1. The molecule has 5 rings (SSSR count). The molecule has 0 radical (unpaired) electrons. The Morgan fingerprint density at radius 3 is 2.59 bits per heavy atom. The van der Waals surface area contributed by atoms with Gasteiger partial charge in [-0.25, -0.2) is 5.84 Å². The molecule has 0 amide bonds. The number of thiocarbonyl (C=S) groups is 1. The first-order valence-electron chi connectivity index (χ1n) is 13.3. The van der Waals surface area contributed by atoms with E-state index in [-0.39, 0.29) is 12.8 Å². The molecule has 1 fully saturated rings. The first-order chi connectivity index (χ1) is 19.0. The zero-order valence-corrected chi connectivity index (χ0v) is 24.0. The molecule has 8 heteroatoms. The van der Waals surface area contributed by atoms with E-state index in [1.54, 1.807) is 6.07 Å². The monoisotopic (exact) mass is 583 g/mol. The van der Waals surface area contributed by atoms with Crippen LogP contribution in [0.15, 0.2) is 60.7 Å². The number of aryl methyl sites for hydroxylation is 1. The minimum absolute atomic E-state index is 0.120. The second kappa shape index (κ2) is 12.8. The van der Waals surface area contributed by atoms with E-state index < -0.39 is 0 Å². The molecule has 3 aromatic rings. The summed E-state index contributed by atoms with van der Waals surface area (Å²) < 4.78 is 18.9. The number of nitrogens with zero attached hydrogens (tertiary/aromatic N) is 1. The molecule has 0 aromatic heterocycles. The van der Waals surface area contributed by atoms with Crippen molar-refractivity contribution in [1.82, 2.24) is 10.3 Å². The van der Waals surface area contributed by atoms with Gasteiger partial charge in [0.15, 0.2) is 0 Å². The largest absolute Gasteiger partial charge is 0.489 e. The van der Waals surface area contributed by atoms with Crippen molar-refractivity contribution in [3.63, 3.8) is 0 Å². The molecule has 3 aromatic carbocycles. The van der Waals surface area contributed by atoms with Crippen LogP contribution in [-0.2, 0) is 6.42 Å². The SMILES string of the molecule is NNC(=S)c1ccc2c(c1)CCCC(c1ccc(Cl)cc1Cl)=C2c1ccc(O[C@H]2CCN(CCCF)C2)cc1. The summed E-state index contributed by atoms with van der Waals surface area (Å²) in [6.07, 6.45) is 4.40. The fourth-order valence-electron chi connectivity index (χ4n) is 5.62. The van der Waals surface area contributed by atoms with E-state index in [1.165, 1.54) is 11.1 Å². The van der Waals surface area contributed by atoms with Gasteiger partial charge in [-0.2, -0.15) is 0 Å². The summed E-state index contributed by atoms with van der Waals surface area (Å²) in [4.78, 5) is 2.79.